The molecule has 1 fully saturated rings. The van der Waals surface area contributed by atoms with Crippen molar-refractivity contribution in [2.75, 3.05) is 43.4 Å². The molecule has 0 amide bonds. The first-order chi connectivity index (χ1) is 16.2. The summed E-state index contributed by atoms with van der Waals surface area (Å²) in [7, 11) is 2.12. The number of hydrogen-bond donors (Lipinski definition) is 2. The summed E-state index contributed by atoms with van der Waals surface area (Å²) in [4.78, 5) is 31.5. The Bertz CT molecular complexity index is 1220. The molecule has 1 aliphatic rings. The van der Waals surface area contributed by atoms with Crippen molar-refractivity contribution in [3.8, 4) is 10.6 Å². The summed E-state index contributed by atoms with van der Waals surface area (Å²) < 4.78 is 0. The van der Waals surface area contributed by atoms with Crippen LogP contribution in [0.25, 0.3) is 10.6 Å². The molecule has 0 saturated carbocycles. The van der Waals surface area contributed by atoms with E-state index in [9.17, 15) is 4.79 Å². The maximum absolute atomic E-state index is 10.9. The van der Waals surface area contributed by atoms with Crippen molar-refractivity contribution in [2.45, 2.75) is 10.1 Å². The molecule has 4 heterocycles. The number of hydrogen-bond acceptors (Lipinski definition) is 10. The molecule has 5 rings (SSSR count). The summed E-state index contributed by atoms with van der Waals surface area (Å²) >= 11 is 3.08. The van der Waals surface area contributed by atoms with Crippen molar-refractivity contribution in [1.29, 1.82) is 0 Å². The molecule has 0 unspecified atom stereocenters. The van der Waals surface area contributed by atoms with Crippen molar-refractivity contribution in [3.05, 3.63) is 53.4 Å². The molecule has 2 N–H and O–H groups in total. The van der Waals surface area contributed by atoms with Crippen LogP contribution in [0.1, 0.15) is 10.4 Å². The van der Waals surface area contributed by atoms with Crippen LogP contribution in [0.3, 0.4) is 0 Å². The lowest BCUT2D eigenvalue weighted by Gasteiger charge is -2.32. The number of piperazine rings is 1. The van der Waals surface area contributed by atoms with Crippen LogP contribution in [-0.2, 0) is 0 Å². The van der Waals surface area contributed by atoms with Gasteiger partial charge >= 0.3 is 0 Å². The maximum Gasteiger partial charge on any atom is 0.234 e. The van der Waals surface area contributed by atoms with Gasteiger partial charge in [-0.2, -0.15) is 20.1 Å². The fourth-order valence-corrected chi connectivity index (χ4v) is 4.81. The van der Waals surface area contributed by atoms with Gasteiger partial charge in [0.05, 0.1) is 10.6 Å². The van der Waals surface area contributed by atoms with Gasteiger partial charge in [0.25, 0.3) is 0 Å². The lowest BCUT2D eigenvalue weighted by atomic mass is 10.2. The fraction of sp³-hybridized carbons (Fsp3) is 0.227. The largest absolute Gasteiger partial charge is 0.338 e. The minimum Gasteiger partial charge on any atom is -0.338 e. The Morgan fingerprint density at radius 1 is 1.09 bits per heavy atom. The second kappa shape index (κ2) is 9.69. The van der Waals surface area contributed by atoms with E-state index in [0.717, 1.165) is 47.9 Å². The first kappa shape index (κ1) is 21.6. The molecule has 3 aromatic heterocycles. The third-order valence-corrected chi connectivity index (χ3v) is 7.00. The lowest BCUT2D eigenvalue weighted by molar-refractivity contribution is 0.112. The van der Waals surface area contributed by atoms with E-state index in [4.69, 9.17) is 4.98 Å². The van der Waals surface area contributed by atoms with Gasteiger partial charge in [0.15, 0.2) is 11.0 Å². The summed E-state index contributed by atoms with van der Waals surface area (Å²) in [5.41, 5.74) is 1.57. The SMILES string of the molecule is CN1CCN(c2nc(Nc3cc(-c4cccs4)[nH]n3)nc(Sc3ccc(C=O)cc3)n2)CC1. The van der Waals surface area contributed by atoms with Gasteiger partial charge in [-0.3, -0.25) is 9.89 Å². The zero-order chi connectivity index (χ0) is 22.6. The van der Waals surface area contributed by atoms with Gasteiger partial charge in [0.2, 0.25) is 11.9 Å². The Balaban J connectivity index is 1.42. The number of aldehydes is 1. The van der Waals surface area contributed by atoms with Crippen LogP contribution in [0, 0.1) is 0 Å². The third kappa shape index (κ3) is 5.21. The topological polar surface area (TPSA) is 103 Å². The van der Waals surface area contributed by atoms with Gasteiger partial charge in [-0.1, -0.05) is 18.2 Å². The van der Waals surface area contributed by atoms with Crippen LogP contribution in [0.5, 0.6) is 0 Å². The molecule has 4 aromatic rings. The molecule has 1 saturated heterocycles. The number of aromatic amines is 1. The van der Waals surface area contributed by atoms with Gasteiger partial charge in [0, 0.05) is 42.7 Å². The lowest BCUT2D eigenvalue weighted by Crippen LogP contribution is -2.45. The Morgan fingerprint density at radius 3 is 2.64 bits per heavy atom. The van der Waals surface area contributed by atoms with Crippen LogP contribution in [0.2, 0.25) is 0 Å². The number of nitrogens with zero attached hydrogens (tertiary/aromatic N) is 6. The average Bonchev–Trinajstić information content (AvgIpc) is 3.52. The summed E-state index contributed by atoms with van der Waals surface area (Å²) in [5, 5.41) is 13.2. The normalized spacial score (nSPS) is 14.4. The van der Waals surface area contributed by atoms with Crippen molar-refractivity contribution >= 4 is 47.1 Å². The van der Waals surface area contributed by atoms with E-state index in [2.05, 4.69) is 42.3 Å². The smallest absolute Gasteiger partial charge is 0.234 e. The average molecular weight is 479 g/mol. The van der Waals surface area contributed by atoms with E-state index in [-0.39, 0.29) is 0 Å². The minimum absolute atomic E-state index is 0.440. The van der Waals surface area contributed by atoms with E-state index in [1.165, 1.54) is 11.8 Å². The van der Waals surface area contributed by atoms with Crippen LogP contribution in [0.15, 0.2) is 57.9 Å². The zero-order valence-electron chi connectivity index (χ0n) is 17.9. The monoisotopic (exact) mass is 478 g/mol. The molecule has 0 spiro atoms. The van der Waals surface area contributed by atoms with Gasteiger partial charge < -0.3 is 15.1 Å². The predicted octanol–water partition coefficient (Wildman–Crippen LogP) is 3.78. The number of carbonyl (C=O) groups is 1. The summed E-state index contributed by atoms with van der Waals surface area (Å²) in [5.74, 6) is 1.72. The molecule has 1 aromatic carbocycles. The zero-order valence-corrected chi connectivity index (χ0v) is 19.6. The highest BCUT2D eigenvalue weighted by Gasteiger charge is 2.19. The first-order valence-corrected chi connectivity index (χ1v) is 12.1. The quantitative estimate of drug-likeness (QED) is 0.384. The number of anilines is 3. The van der Waals surface area contributed by atoms with Crippen molar-refractivity contribution in [1.82, 2.24) is 30.0 Å². The second-order valence-corrected chi connectivity index (χ2v) is 9.58. The molecule has 11 heteroatoms. The minimum atomic E-state index is 0.440. The number of H-pyrrole nitrogens is 1. The Labute approximate surface area is 199 Å². The van der Waals surface area contributed by atoms with Gasteiger partial charge in [-0.15, -0.1) is 11.3 Å². The second-order valence-electron chi connectivity index (χ2n) is 7.59. The van der Waals surface area contributed by atoms with Gasteiger partial charge in [0.1, 0.15) is 6.29 Å². The van der Waals surface area contributed by atoms with Crippen LogP contribution in [-0.4, -0.2) is 69.6 Å². The Morgan fingerprint density at radius 2 is 1.91 bits per heavy atom. The standard InChI is InChI=1S/C22H22N8OS2/c1-29-8-10-30(11-9-29)21-24-20(23-19-13-17(27-28-19)18-3-2-12-32-18)25-22(26-21)33-16-6-4-15(14-31)5-7-16/h2-7,12-14H,8-11H2,1H3,(H2,23,24,25,26,27,28). The molecule has 0 radical (unpaired) electrons. The van der Waals surface area contributed by atoms with E-state index in [1.807, 2.05) is 35.7 Å². The Hall–Kier alpha value is -3.28. The van der Waals surface area contributed by atoms with E-state index in [1.54, 1.807) is 23.5 Å². The molecular weight excluding hydrogens is 456 g/mol. The highest BCUT2D eigenvalue weighted by molar-refractivity contribution is 7.99. The van der Waals surface area contributed by atoms with Crippen molar-refractivity contribution in [3.63, 3.8) is 0 Å². The van der Waals surface area contributed by atoms with Crippen LogP contribution in [0.4, 0.5) is 17.7 Å². The van der Waals surface area contributed by atoms with E-state index < -0.39 is 0 Å². The molecule has 33 heavy (non-hydrogen) atoms. The van der Waals surface area contributed by atoms with Crippen LogP contribution >= 0.6 is 23.1 Å². The Kier molecular flexibility index (Phi) is 6.33. The number of benzene rings is 1. The van der Waals surface area contributed by atoms with E-state index >= 15 is 0 Å². The number of thiophene rings is 1. The molecule has 0 atom stereocenters. The first-order valence-electron chi connectivity index (χ1n) is 10.5. The number of likely N-dealkylation sites (N-methyl/N-ethyl adjacent to an activating group) is 1. The maximum atomic E-state index is 10.9. The highest BCUT2D eigenvalue weighted by atomic mass is 32.2. The van der Waals surface area contributed by atoms with Crippen LogP contribution < -0.4 is 10.2 Å². The predicted molar refractivity (Wildman–Crippen MR) is 131 cm³/mol. The molecular formula is C22H22N8OS2. The van der Waals surface area contributed by atoms with E-state index in [0.29, 0.717) is 28.4 Å². The molecule has 1 aliphatic heterocycles. The molecule has 9 nitrogen and oxygen atoms in total. The van der Waals surface area contributed by atoms with Crippen molar-refractivity contribution < 1.29 is 4.79 Å². The van der Waals surface area contributed by atoms with Gasteiger partial charge in [-0.05, 0) is 42.4 Å². The molecule has 0 aliphatic carbocycles. The number of carbonyl (C=O) groups excluding carboxylic acids is 1. The molecule has 0 bridgehead atoms. The fourth-order valence-electron chi connectivity index (χ4n) is 3.37. The number of aromatic nitrogens is 5. The summed E-state index contributed by atoms with van der Waals surface area (Å²) in [6.45, 7) is 3.60. The molecule has 168 valence electrons. The third-order valence-electron chi connectivity index (χ3n) is 5.22. The summed E-state index contributed by atoms with van der Waals surface area (Å²) in [6, 6.07) is 13.3. The van der Waals surface area contributed by atoms with Crippen molar-refractivity contribution in [2.24, 2.45) is 0 Å². The summed E-state index contributed by atoms with van der Waals surface area (Å²) in [6.07, 6.45) is 0.833. The van der Waals surface area contributed by atoms with Gasteiger partial charge in [-0.25, -0.2) is 0 Å². The number of nitrogens with one attached hydrogen (secondary N) is 2. The highest BCUT2D eigenvalue weighted by Crippen LogP contribution is 2.29. The number of rotatable bonds is 7.